The van der Waals surface area contributed by atoms with Gasteiger partial charge in [-0.1, -0.05) is 13.8 Å². The third kappa shape index (κ3) is 3.94. The van der Waals surface area contributed by atoms with E-state index in [1.54, 1.807) is 0 Å². The molecule has 0 radical (unpaired) electrons. The van der Waals surface area contributed by atoms with Gasteiger partial charge in [-0.3, -0.25) is 4.90 Å². The molecule has 2 N–H and O–H groups in total. The van der Waals surface area contributed by atoms with E-state index in [1.807, 2.05) is 0 Å². The molecule has 3 heteroatoms. The fraction of sp³-hybridized carbons (Fsp3) is 1.00. The van der Waals surface area contributed by atoms with Gasteiger partial charge in [-0.25, -0.2) is 0 Å². The minimum absolute atomic E-state index is 0.587. The van der Waals surface area contributed by atoms with E-state index in [0.717, 1.165) is 18.4 Å². The quantitative estimate of drug-likeness (QED) is 0.778. The Morgan fingerprint density at radius 3 is 2.50 bits per heavy atom. The summed E-state index contributed by atoms with van der Waals surface area (Å²) in [4.78, 5) is 2.52. The van der Waals surface area contributed by atoms with Crippen molar-refractivity contribution in [3.8, 4) is 0 Å². The van der Waals surface area contributed by atoms with Crippen molar-refractivity contribution in [3.63, 3.8) is 0 Å². The zero-order chi connectivity index (χ0) is 12.1. The van der Waals surface area contributed by atoms with E-state index < -0.39 is 0 Å². The van der Waals surface area contributed by atoms with Crippen LogP contribution in [0, 0.1) is 11.8 Å². The zero-order valence-corrected chi connectivity index (χ0v) is 12.1. The third-order valence-corrected chi connectivity index (χ3v) is 4.97. The molecule has 16 heavy (non-hydrogen) atoms. The minimum Gasteiger partial charge on any atom is -0.329 e. The minimum atomic E-state index is 0.587. The lowest BCUT2D eigenvalue weighted by molar-refractivity contribution is 0.131. The molecule has 3 atom stereocenters. The highest BCUT2D eigenvalue weighted by molar-refractivity contribution is 7.99. The fourth-order valence-electron chi connectivity index (χ4n) is 2.72. The third-order valence-electron chi connectivity index (χ3n) is 3.78. The van der Waals surface area contributed by atoms with E-state index in [0.29, 0.717) is 12.1 Å². The van der Waals surface area contributed by atoms with Crippen molar-refractivity contribution in [1.29, 1.82) is 0 Å². The highest BCUT2D eigenvalue weighted by Crippen LogP contribution is 2.29. The number of rotatable bonds is 6. The van der Waals surface area contributed by atoms with E-state index in [2.05, 4.69) is 44.5 Å². The first-order valence-electron chi connectivity index (χ1n) is 6.56. The van der Waals surface area contributed by atoms with E-state index in [-0.39, 0.29) is 0 Å². The van der Waals surface area contributed by atoms with Crippen LogP contribution in [0.3, 0.4) is 0 Å². The Kier molecular flexibility index (Phi) is 6.16. The molecule has 1 fully saturated rings. The average molecular weight is 244 g/mol. The van der Waals surface area contributed by atoms with Gasteiger partial charge in [-0.2, -0.15) is 11.8 Å². The van der Waals surface area contributed by atoms with Crippen LogP contribution in [-0.2, 0) is 0 Å². The summed E-state index contributed by atoms with van der Waals surface area (Å²) in [5, 5.41) is 0. The standard InChI is InChI=1S/C13H28N2S/c1-10(2)7-11(3)15(4)13(8-14)12-5-6-16-9-12/h10-13H,5-9,14H2,1-4H3. The van der Waals surface area contributed by atoms with Crippen LogP contribution >= 0.6 is 11.8 Å². The van der Waals surface area contributed by atoms with Crippen molar-refractivity contribution in [2.24, 2.45) is 17.6 Å². The maximum Gasteiger partial charge on any atom is 0.0254 e. The Balaban J connectivity index is 2.50. The molecule has 0 aromatic carbocycles. The highest BCUT2D eigenvalue weighted by Gasteiger charge is 2.29. The summed E-state index contributed by atoms with van der Waals surface area (Å²) in [5.41, 5.74) is 5.97. The predicted octanol–water partition coefficient (Wildman–Crippen LogP) is 2.43. The summed E-state index contributed by atoms with van der Waals surface area (Å²) in [6.07, 6.45) is 2.62. The monoisotopic (exact) mass is 244 g/mol. The van der Waals surface area contributed by atoms with Gasteiger partial charge in [0.25, 0.3) is 0 Å². The number of hydrogen-bond donors (Lipinski definition) is 1. The molecule has 1 heterocycles. The van der Waals surface area contributed by atoms with E-state index in [1.165, 1.54) is 24.3 Å². The SMILES string of the molecule is CC(C)CC(C)N(C)C(CN)C1CCSC1. The Labute approximate surface area is 105 Å². The molecule has 0 saturated carbocycles. The van der Waals surface area contributed by atoms with Crippen LogP contribution in [0.2, 0.25) is 0 Å². The number of hydrogen-bond acceptors (Lipinski definition) is 3. The van der Waals surface area contributed by atoms with Gasteiger partial charge in [-0.05, 0) is 50.2 Å². The van der Waals surface area contributed by atoms with Crippen molar-refractivity contribution < 1.29 is 0 Å². The number of nitrogens with two attached hydrogens (primary N) is 1. The van der Waals surface area contributed by atoms with Gasteiger partial charge in [0.2, 0.25) is 0 Å². The maximum atomic E-state index is 5.97. The number of likely N-dealkylation sites (N-methyl/N-ethyl adjacent to an activating group) is 1. The summed E-state index contributed by atoms with van der Waals surface area (Å²) in [6.45, 7) is 7.75. The largest absolute Gasteiger partial charge is 0.329 e. The molecule has 1 aliphatic rings. The van der Waals surface area contributed by atoms with Gasteiger partial charge < -0.3 is 5.73 Å². The summed E-state index contributed by atoms with van der Waals surface area (Å²) in [5.74, 6) is 4.22. The van der Waals surface area contributed by atoms with Gasteiger partial charge in [0, 0.05) is 18.6 Å². The van der Waals surface area contributed by atoms with Gasteiger partial charge in [0.05, 0.1) is 0 Å². The van der Waals surface area contributed by atoms with Crippen molar-refractivity contribution >= 4 is 11.8 Å². The summed E-state index contributed by atoms with van der Waals surface area (Å²) in [6, 6.07) is 1.24. The first-order chi connectivity index (χ1) is 7.56. The van der Waals surface area contributed by atoms with E-state index in [9.17, 15) is 0 Å². The first-order valence-corrected chi connectivity index (χ1v) is 7.71. The lowest BCUT2D eigenvalue weighted by Gasteiger charge is -2.36. The van der Waals surface area contributed by atoms with Crippen molar-refractivity contribution in [1.82, 2.24) is 4.90 Å². The second-order valence-electron chi connectivity index (χ2n) is 5.57. The molecule has 96 valence electrons. The van der Waals surface area contributed by atoms with Crippen LogP contribution in [0.25, 0.3) is 0 Å². The molecule has 1 aliphatic heterocycles. The molecule has 0 spiro atoms. The molecular weight excluding hydrogens is 216 g/mol. The van der Waals surface area contributed by atoms with Gasteiger partial charge in [0.15, 0.2) is 0 Å². The van der Waals surface area contributed by atoms with Gasteiger partial charge in [-0.15, -0.1) is 0 Å². The fourth-order valence-corrected chi connectivity index (χ4v) is 4.05. The highest BCUT2D eigenvalue weighted by atomic mass is 32.2. The van der Waals surface area contributed by atoms with Crippen LogP contribution in [0.15, 0.2) is 0 Å². The first kappa shape index (κ1) is 14.3. The van der Waals surface area contributed by atoms with Crippen LogP contribution in [0.4, 0.5) is 0 Å². The lowest BCUT2D eigenvalue weighted by atomic mass is 9.95. The van der Waals surface area contributed by atoms with Crippen LogP contribution in [0.5, 0.6) is 0 Å². The molecule has 0 bridgehead atoms. The molecule has 0 aliphatic carbocycles. The second kappa shape index (κ2) is 6.87. The smallest absolute Gasteiger partial charge is 0.0254 e. The zero-order valence-electron chi connectivity index (χ0n) is 11.3. The van der Waals surface area contributed by atoms with Crippen molar-refractivity contribution in [2.45, 2.75) is 45.7 Å². The number of nitrogens with zero attached hydrogens (tertiary/aromatic N) is 1. The predicted molar refractivity (Wildman–Crippen MR) is 75.0 cm³/mol. The Bertz CT molecular complexity index is 190. The van der Waals surface area contributed by atoms with Crippen LogP contribution in [0.1, 0.15) is 33.6 Å². The molecule has 1 saturated heterocycles. The van der Waals surface area contributed by atoms with Gasteiger partial charge >= 0.3 is 0 Å². The Morgan fingerprint density at radius 1 is 1.38 bits per heavy atom. The Morgan fingerprint density at radius 2 is 2.06 bits per heavy atom. The summed E-state index contributed by atoms with van der Waals surface area (Å²) >= 11 is 2.09. The maximum absolute atomic E-state index is 5.97. The molecule has 2 nitrogen and oxygen atoms in total. The Hall–Kier alpha value is 0.270. The second-order valence-corrected chi connectivity index (χ2v) is 6.72. The number of thioether (sulfide) groups is 1. The molecule has 0 amide bonds. The molecule has 0 aromatic heterocycles. The lowest BCUT2D eigenvalue weighted by Crippen LogP contribution is -2.48. The van der Waals surface area contributed by atoms with Crippen molar-refractivity contribution in [2.75, 3.05) is 25.1 Å². The topological polar surface area (TPSA) is 29.3 Å². The summed E-state index contributed by atoms with van der Waals surface area (Å²) in [7, 11) is 2.26. The van der Waals surface area contributed by atoms with E-state index in [4.69, 9.17) is 5.73 Å². The van der Waals surface area contributed by atoms with Crippen LogP contribution in [-0.4, -0.2) is 42.1 Å². The van der Waals surface area contributed by atoms with E-state index >= 15 is 0 Å². The molecule has 0 aromatic rings. The van der Waals surface area contributed by atoms with Crippen LogP contribution < -0.4 is 5.73 Å². The summed E-state index contributed by atoms with van der Waals surface area (Å²) < 4.78 is 0. The average Bonchev–Trinajstić information content (AvgIpc) is 2.71. The van der Waals surface area contributed by atoms with Gasteiger partial charge in [0.1, 0.15) is 0 Å². The molecule has 3 unspecified atom stereocenters. The molecular formula is C13H28N2S. The normalized spacial score (nSPS) is 25.3. The molecule has 1 rings (SSSR count). The van der Waals surface area contributed by atoms with Crippen molar-refractivity contribution in [3.05, 3.63) is 0 Å².